The number of unbranched alkanes of at least 4 members (excludes halogenated alkanes) is 6. The molecule has 0 N–H and O–H groups in total. The van der Waals surface area contributed by atoms with Crippen LogP contribution in [0, 0.1) is 11.8 Å². The second kappa shape index (κ2) is 25.7. The molecule has 0 radical (unpaired) electrons. The first-order valence-electron chi connectivity index (χ1n) is 14.8. The van der Waals surface area contributed by atoms with Crippen LogP contribution in [0.2, 0.25) is 0 Å². The predicted octanol–water partition coefficient (Wildman–Crippen LogP) is 9.29. The second-order valence-corrected chi connectivity index (χ2v) is 10.3. The monoisotopic (exact) mass is 489 g/mol. The van der Waals surface area contributed by atoms with E-state index in [1.165, 1.54) is 44.9 Å². The number of hydrogen-bond donors (Lipinski definition) is 0. The van der Waals surface area contributed by atoms with Crippen LogP contribution < -0.4 is 0 Å². The summed E-state index contributed by atoms with van der Waals surface area (Å²) in [5.74, 6) is 0.506. The lowest BCUT2D eigenvalue weighted by Gasteiger charge is -2.26. The van der Waals surface area contributed by atoms with Gasteiger partial charge in [-0.25, -0.2) is 0 Å². The Labute approximate surface area is 219 Å². The first kappa shape index (κ1) is 33.7. The Morgan fingerprint density at radius 1 is 0.657 bits per heavy atom. The number of carbonyl (C=O) groups is 1. The highest BCUT2D eigenvalue weighted by Gasteiger charge is 2.28. The summed E-state index contributed by atoms with van der Waals surface area (Å²) in [5, 5.41) is 0. The van der Waals surface area contributed by atoms with Gasteiger partial charge in [0.15, 0.2) is 0 Å². The molecule has 2 atom stereocenters. The van der Waals surface area contributed by atoms with Crippen LogP contribution in [0.15, 0.2) is 36.5 Å². The summed E-state index contributed by atoms with van der Waals surface area (Å²) in [6.45, 7) is 8.17. The standard InChI is InChI=1S/C32H59NO2/c1-6-9-12-15-17-19-22-26-30(25-21-18-16-13-10-7-2)31(27-24-28-33(4)5)32(34)35-29-23-20-14-11-8-3/h12-16,20,30-31H,6-11,17-19,21-29H2,1-5H3/b15-12?,16-13?,20-14-. The molecule has 0 fully saturated rings. The van der Waals surface area contributed by atoms with Gasteiger partial charge in [-0.15, -0.1) is 0 Å². The summed E-state index contributed by atoms with van der Waals surface area (Å²) in [7, 11) is 4.23. The minimum Gasteiger partial charge on any atom is -0.465 e. The SMILES string of the molecule is CCCC=CCCCCC(CCCC=CCCC)C(CCCN(C)C)C(=O)OCC/C=C\CCC. The topological polar surface area (TPSA) is 29.5 Å². The van der Waals surface area contributed by atoms with Gasteiger partial charge in [-0.2, -0.15) is 0 Å². The van der Waals surface area contributed by atoms with E-state index >= 15 is 0 Å². The van der Waals surface area contributed by atoms with Gasteiger partial charge in [-0.05, 0) is 104 Å². The maximum absolute atomic E-state index is 13.2. The highest BCUT2D eigenvalue weighted by atomic mass is 16.5. The van der Waals surface area contributed by atoms with E-state index in [-0.39, 0.29) is 11.9 Å². The third-order valence-corrected chi connectivity index (χ3v) is 6.53. The van der Waals surface area contributed by atoms with Gasteiger partial charge in [0.2, 0.25) is 0 Å². The van der Waals surface area contributed by atoms with Crippen molar-refractivity contribution < 1.29 is 9.53 Å². The number of nitrogens with zero attached hydrogens (tertiary/aromatic N) is 1. The Morgan fingerprint density at radius 3 is 1.74 bits per heavy atom. The van der Waals surface area contributed by atoms with Crippen molar-refractivity contribution in [2.75, 3.05) is 27.2 Å². The van der Waals surface area contributed by atoms with Gasteiger partial charge in [0.05, 0.1) is 12.5 Å². The molecule has 0 saturated heterocycles. The third-order valence-electron chi connectivity index (χ3n) is 6.53. The fourth-order valence-electron chi connectivity index (χ4n) is 4.43. The van der Waals surface area contributed by atoms with Crippen LogP contribution in [-0.4, -0.2) is 38.1 Å². The molecule has 0 spiro atoms. The average molecular weight is 490 g/mol. The summed E-state index contributed by atoms with van der Waals surface area (Å²) in [6.07, 6.45) is 31.6. The summed E-state index contributed by atoms with van der Waals surface area (Å²) in [4.78, 5) is 15.5. The van der Waals surface area contributed by atoms with E-state index in [1.807, 2.05) is 0 Å². The molecule has 3 heteroatoms. The molecule has 204 valence electrons. The Morgan fingerprint density at radius 2 is 1.17 bits per heavy atom. The van der Waals surface area contributed by atoms with E-state index < -0.39 is 0 Å². The molecule has 0 aromatic heterocycles. The van der Waals surface area contributed by atoms with Crippen LogP contribution >= 0.6 is 0 Å². The number of allylic oxidation sites excluding steroid dienone is 5. The maximum Gasteiger partial charge on any atom is 0.309 e. The van der Waals surface area contributed by atoms with Crippen molar-refractivity contribution in [1.82, 2.24) is 4.90 Å². The van der Waals surface area contributed by atoms with Gasteiger partial charge < -0.3 is 9.64 Å². The molecule has 35 heavy (non-hydrogen) atoms. The number of hydrogen-bond acceptors (Lipinski definition) is 3. The van der Waals surface area contributed by atoms with Crippen LogP contribution in [0.25, 0.3) is 0 Å². The minimum absolute atomic E-state index is 0.0322. The van der Waals surface area contributed by atoms with Gasteiger partial charge in [-0.1, -0.05) is 82.9 Å². The van der Waals surface area contributed by atoms with E-state index in [0.29, 0.717) is 12.5 Å². The lowest BCUT2D eigenvalue weighted by Crippen LogP contribution is -2.28. The Balaban J connectivity index is 5.04. The largest absolute Gasteiger partial charge is 0.465 e. The van der Waals surface area contributed by atoms with E-state index in [1.54, 1.807) is 0 Å². The molecule has 2 unspecified atom stereocenters. The van der Waals surface area contributed by atoms with E-state index in [4.69, 9.17) is 4.74 Å². The highest BCUT2D eigenvalue weighted by molar-refractivity contribution is 5.72. The molecule has 0 saturated carbocycles. The molecule has 0 aliphatic carbocycles. The van der Waals surface area contributed by atoms with E-state index in [9.17, 15) is 4.79 Å². The first-order chi connectivity index (χ1) is 17.1. The van der Waals surface area contributed by atoms with Crippen LogP contribution in [0.4, 0.5) is 0 Å². The molecule has 0 heterocycles. The van der Waals surface area contributed by atoms with Crippen molar-refractivity contribution in [1.29, 1.82) is 0 Å². The fourth-order valence-corrected chi connectivity index (χ4v) is 4.43. The van der Waals surface area contributed by atoms with E-state index in [0.717, 1.165) is 64.3 Å². The van der Waals surface area contributed by atoms with Crippen LogP contribution in [0.3, 0.4) is 0 Å². The average Bonchev–Trinajstić information content (AvgIpc) is 2.84. The molecule has 3 nitrogen and oxygen atoms in total. The third kappa shape index (κ3) is 21.6. The highest BCUT2D eigenvalue weighted by Crippen LogP contribution is 2.30. The van der Waals surface area contributed by atoms with Gasteiger partial charge >= 0.3 is 5.97 Å². The van der Waals surface area contributed by atoms with Gasteiger partial charge in [0, 0.05) is 0 Å². The molecular weight excluding hydrogens is 430 g/mol. The number of carbonyl (C=O) groups excluding carboxylic acids is 1. The number of rotatable bonds is 24. The molecule has 0 rings (SSSR count). The summed E-state index contributed by atoms with van der Waals surface area (Å²) in [5.41, 5.74) is 0. The molecule has 0 aliphatic rings. The van der Waals surface area contributed by atoms with Gasteiger partial charge in [0.1, 0.15) is 0 Å². The summed E-state index contributed by atoms with van der Waals surface area (Å²) in [6, 6.07) is 0. The zero-order chi connectivity index (χ0) is 26.0. The Hall–Kier alpha value is -1.35. The maximum atomic E-state index is 13.2. The second-order valence-electron chi connectivity index (χ2n) is 10.3. The van der Waals surface area contributed by atoms with Gasteiger partial charge in [-0.3, -0.25) is 4.79 Å². The Bertz CT molecular complexity index is 550. The quantitative estimate of drug-likeness (QED) is 0.0768. The minimum atomic E-state index is 0.0322. The van der Waals surface area contributed by atoms with Crippen LogP contribution in [-0.2, 0) is 9.53 Å². The van der Waals surface area contributed by atoms with Gasteiger partial charge in [0.25, 0.3) is 0 Å². The van der Waals surface area contributed by atoms with Crippen molar-refractivity contribution in [2.24, 2.45) is 11.8 Å². The number of ether oxygens (including phenoxy) is 1. The van der Waals surface area contributed by atoms with Crippen molar-refractivity contribution in [2.45, 2.75) is 124 Å². The Kier molecular flexibility index (Phi) is 24.7. The smallest absolute Gasteiger partial charge is 0.309 e. The first-order valence-corrected chi connectivity index (χ1v) is 14.8. The normalized spacial score (nSPS) is 14.0. The fraction of sp³-hybridized carbons (Fsp3) is 0.781. The summed E-state index contributed by atoms with van der Waals surface area (Å²) >= 11 is 0. The number of esters is 1. The molecule has 0 bridgehead atoms. The van der Waals surface area contributed by atoms with Crippen LogP contribution in [0.1, 0.15) is 124 Å². The molecule has 0 aliphatic heterocycles. The van der Waals surface area contributed by atoms with E-state index in [2.05, 4.69) is 76.2 Å². The molecular formula is C32H59NO2. The molecule has 0 amide bonds. The van der Waals surface area contributed by atoms with Crippen molar-refractivity contribution in [3.05, 3.63) is 36.5 Å². The van der Waals surface area contributed by atoms with Crippen LogP contribution in [0.5, 0.6) is 0 Å². The summed E-state index contributed by atoms with van der Waals surface area (Å²) < 4.78 is 5.83. The zero-order valence-electron chi connectivity index (χ0n) is 24.1. The molecule has 0 aromatic carbocycles. The molecule has 0 aromatic rings. The van der Waals surface area contributed by atoms with Crippen molar-refractivity contribution in [3.8, 4) is 0 Å². The lowest BCUT2D eigenvalue weighted by molar-refractivity contribution is -0.151. The van der Waals surface area contributed by atoms with Crippen molar-refractivity contribution >= 4 is 5.97 Å². The van der Waals surface area contributed by atoms with Crippen molar-refractivity contribution in [3.63, 3.8) is 0 Å². The zero-order valence-corrected chi connectivity index (χ0v) is 24.1. The lowest BCUT2D eigenvalue weighted by atomic mass is 9.81. The predicted molar refractivity (Wildman–Crippen MR) is 155 cm³/mol.